The topological polar surface area (TPSA) is 63.7 Å². The number of hydrogen-bond acceptors (Lipinski definition) is 4. The van der Waals surface area contributed by atoms with Crippen molar-refractivity contribution in [1.82, 2.24) is 0 Å². The molecule has 0 aliphatic carbocycles. The summed E-state index contributed by atoms with van der Waals surface area (Å²) in [6.07, 6.45) is 1.63. The van der Waals surface area contributed by atoms with Crippen molar-refractivity contribution in [1.29, 1.82) is 0 Å². The van der Waals surface area contributed by atoms with Gasteiger partial charge in [0.25, 0.3) is 11.7 Å². The van der Waals surface area contributed by atoms with E-state index in [0.29, 0.717) is 10.7 Å². The van der Waals surface area contributed by atoms with Crippen LogP contribution in [0.2, 0.25) is 5.02 Å². The van der Waals surface area contributed by atoms with Crippen molar-refractivity contribution in [2.24, 2.45) is 0 Å². The van der Waals surface area contributed by atoms with Crippen LogP contribution in [-0.4, -0.2) is 31.3 Å². The summed E-state index contributed by atoms with van der Waals surface area (Å²) in [5.74, 6) is -1.92. The highest BCUT2D eigenvalue weighted by molar-refractivity contribution is 9.10. The lowest BCUT2D eigenvalue weighted by molar-refractivity contribution is -0.136. The fourth-order valence-corrected chi connectivity index (χ4v) is 3.10. The third-order valence-corrected chi connectivity index (χ3v) is 4.68. The van der Waals surface area contributed by atoms with E-state index in [0.717, 1.165) is 10.0 Å². The third-order valence-electron chi connectivity index (χ3n) is 3.92. The van der Waals surface area contributed by atoms with Crippen LogP contribution in [0.4, 0.5) is 5.69 Å². The number of ketones is 1. The van der Waals surface area contributed by atoms with Crippen LogP contribution in [-0.2, 0) is 14.3 Å². The molecular formula is C19H13BrClNO4. The molecule has 1 aliphatic rings. The number of anilines is 1. The number of carbonyl (C=O) groups excluding carboxylic acids is 3. The van der Waals surface area contributed by atoms with Gasteiger partial charge in [-0.3, -0.25) is 9.59 Å². The summed E-state index contributed by atoms with van der Waals surface area (Å²) in [6, 6.07) is 11.9. The number of amides is 1. The molecule has 0 aromatic heterocycles. The molecule has 5 nitrogen and oxygen atoms in total. The Labute approximate surface area is 163 Å². The number of nitrogens with zero attached hydrogens (tertiary/aromatic N) is 1. The lowest BCUT2D eigenvalue weighted by atomic mass is 10.1. The van der Waals surface area contributed by atoms with Crippen molar-refractivity contribution in [2.75, 3.05) is 18.6 Å². The van der Waals surface area contributed by atoms with E-state index >= 15 is 0 Å². The molecule has 0 atom stereocenters. The van der Waals surface area contributed by atoms with E-state index < -0.39 is 17.7 Å². The van der Waals surface area contributed by atoms with Gasteiger partial charge in [-0.15, -0.1) is 0 Å². The van der Waals surface area contributed by atoms with Gasteiger partial charge in [0.15, 0.2) is 0 Å². The summed E-state index contributed by atoms with van der Waals surface area (Å²) in [5.41, 5.74) is 1.67. The summed E-state index contributed by atoms with van der Waals surface area (Å²) in [4.78, 5) is 38.0. The lowest BCUT2D eigenvalue weighted by Gasteiger charge is -2.18. The standard InChI is InChI=1S/C19H13BrClNO4/c1-26-19(25)12(8-11-2-4-13(20)5-3-11)10-22-16-7-6-14(21)9-15(16)17(23)18(22)24/h2-9H,10H2,1H3/b12-8+. The Balaban J connectivity index is 1.98. The van der Waals surface area contributed by atoms with E-state index in [1.54, 1.807) is 18.2 Å². The van der Waals surface area contributed by atoms with E-state index in [4.69, 9.17) is 16.3 Å². The van der Waals surface area contributed by atoms with Crippen LogP contribution < -0.4 is 4.90 Å². The quantitative estimate of drug-likeness (QED) is 0.416. The minimum atomic E-state index is -0.701. The highest BCUT2D eigenvalue weighted by atomic mass is 79.9. The fourth-order valence-electron chi connectivity index (χ4n) is 2.66. The minimum Gasteiger partial charge on any atom is -0.466 e. The maximum atomic E-state index is 12.4. The molecule has 0 N–H and O–H groups in total. The summed E-state index contributed by atoms with van der Waals surface area (Å²) in [7, 11) is 1.27. The predicted molar refractivity (Wildman–Crippen MR) is 102 cm³/mol. The molecule has 2 aromatic rings. The second-order valence-electron chi connectivity index (χ2n) is 5.59. The van der Waals surface area contributed by atoms with Gasteiger partial charge in [-0.2, -0.15) is 0 Å². The van der Waals surface area contributed by atoms with Crippen LogP contribution in [0.5, 0.6) is 0 Å². The maximum absolute atomic E-state index is 12.4. The highest BCUT2D eigenvalue weighted by Crippen LogP contribution is 2.32. The molecule has 0 radical (unpaired) electrons. The van der Waals surface area contributed by atoms with Gasteiger partial charge in [-0.05, 0) is 42.0 Å². The summed E-state index contributed by atoms with van der Waals surface area (Å²) in [5, 5.41) is 0.366. The fraction of sp³-hybridized carbons (Fsp3) is 0.105. The average molecular weight is 435 g/mol. The Bertz CT molecular complexity index is 937. The van der Waals surface area contributed by atoms with E-state index in [1.807, 2.05) is 24.3 Å². The highest BCUT2D eigenvalue weighted by Gasteiger charge is 2.37. The molecule has 1 heterocycles. The summed E-state index contributed by atoms with van der Waals surface area (Å²) >= 11 is 9.26. The van der Waals surface area contributed by atoms with Crippen molar-refractivity contribution in [2.45, 2.75) is 0 Å². The van der Waals surface area contributed by atoms with Crippen LogP contribution in [0.25, 0.3) is 6.08 Å². The first-order valence-corrected chi connectivity index (χ1v) is 8.78. The number of carbonyl (C=O) groups is 3. The number of fused-ring (bicyclic) bond motifs is 1. The normalized spacial score (nSPS) is 13.8. The first kappa shape index (κ1) is 18.4. The monoisotopic (exact) mass is 433 g/mol. The number of methoxy groups -OCH3 is 1. The molecule has 132 valence electrons. The van der Waals surface area contributed by atoms with Gasteiger partial charge in [0.05, 0.1) is 30.5 Å². The van der Waals surface area contributed by atoms with Crippen LogP contribution in [0, 0.1) is 0 Å². The number of rotatable bonds is 4. The second kappa shape index (κ2) is 7.43. The zero-order chi connectivity index (χ0) is 18.8. The number of ether oxygens (including phenoxy) is 1. The van der Waals surface area contributed by atoms with Gasteiger partial charge in [-0.25, -0.2) is 4.79 Å². The maximum Gasteiger partial charge on any atom is 0.335 e. The number of esters is 1. The summed E-state index contributed by atoms with van der Waals surface area (Å²) < 4.78 is 5.73. The molecule has 0 bridgehead atoms. The largest absolute Gasteiger partial charge is 0.466 e. The Morgan fingerprint density at radius 1 is 1.19 bits per heavy atom. The van der Waals surface area contributed by atoms with Gasteiger partial charge in [0.1, 0.15) is 0 Å². The first-order chi connectivity index (χ1) is 12.4. The minimum absolute atomic E-state index is 0.0814. The molecule has 0 unspecified atom stereocenters. The molecule has 2 aromatic carbocycles. The zero-order valence-corrected chi connectivity index (χ0v) is 16.0. The molecule has 0 saturated carbocycles. The van der Waals surface area contributed by atoms with Gasteiger partial charge in [-0.1, -0.05) is 39.7 Å². The average Bonchev–Trinajstić information content (AvgIpc) is 2.86. The SMILES string of the molecule is COC(=O)/C(=C/c1ccc(Br)cc1)CN1C(=O)C(=O)c2cc(Cl)ccc21. The smallest absolute Gasteiger partial charge is 0.335 e. The molecule has 1 aliphatic heterocycles. The van der Waals surface area contributed by atoms with Crippen molar-refractivity contribution < 1.29 is 19.1 Å². The first-order valence-electron chi connectivity index (χ1n) is 7.61. The zero-order valence-electron chi connectivity index (χ0n) is 13.7. The second-order valence-corrected chi connectivity index (χ2v) is 6.95. The van der Waals surface area contributed by atoms with E-state index in [9.17, 15) is 14.4 Å². The van der Waals surface area contributed by atoms with E-state index in [1.165, 1.54) is 18.1 Å². The van der Waals surface area contributed by atoms with Crippen LogP contribution >= 0.6 is 27.5 Å². The Hall–Kier alpha value is -2.44. The number of Topliss-reactive ketones (excluding diaryl/α,β-unsaturated/α-hetero) is 1. The van der Waals surface area contributed by atoms with Crippen molar-refractivity contribution in [3.63, 3.8) is 0 Å². The molecule has 0 fully saturated rings. The molecule has 7 heteroatoms. The van der Waals surface area contributed by atoms with Crippen LogP contribution in [0.15, 0.2) is 52.5 Å². The van der Waals surface area contributed by atoms with Gasteiger partial charge >= 0.3 is 5.97 Å². The molecule has 3 rings (SSSR count). The Kier molecular flexibility index (Phi) is 5.25. The van der Waals surface area contributed by atoms with Crippen molar-refractivity contribution in [3.8, 4) is 0 Å². The molecule has 0 saturated heterocycles. The third kappa shape index (κ3) is 3.57. The molecular weight excluding hydrogens is 422 g/mol. The number of halogens is 2. The van der Waals surface area contributed by atoms with E-state index in [-0.39, 0.29) is 17.7 Å². The van der Waals surface area contributed by atoms with Gasteiger partial charge < -0.3 is 9.64 Å². The molecule has 1 amide bonds. The molecule has 0 spiro atoms. The van der Waals surface area contributed by atoms with Crippen LogP contribution in [0.3, 0.4) is 0 Å². The van der Waals surface area contributed by atoms with Gasteiger partial charge in [0, 0.05) is 9.50 Å². The van der Waals surface area contributed by atoms with Crippen molar-refractivity contribution in [3.05, 3.63) is 68.7 Å². The lowest BCUT2D eigenvalue weighted by Crippen LogP contribution is -2.33. The number of benzene rings is 2. The number of hydrogen-bond donors (Lipinski definition) is 0. The Morgan fingerprint density at radius 3 is 2.54 bits per heavy atom. The molecule has 26 heavy (non-hydrogen) atoms. The van der Waals surface area contributed by atoms with Gasteiger partial charge in [0.2, 0.25) is 0 Å². The van der Waals surface area contributed by atoms with Crippen LogP contribution in [0.1, 0.15) is 15.9 Å². The predicted octanol–water partition coefficient (Wildman–Crippen LogP) is 3.89. The Morgan fingerprint density at radius 2 is 1.88 bits per heavy atom. The van der Waals surface area contributed by atoms with E-state index in [2.05, 4.69) is 15.9 Å². The van der Waals surface area contributed by atoms with Crippen molar-refractivity contribution >= 4 is 57.0 Å². The summed E-state index contributed by atoms with van der Waals surface area (Å²) in [6.45, 7) is -0.0814.